The molecule has 2 nitrogen and oxygen atoms in total. The molecule has 0 bridgehead atoms. The van der Waals surface area contributed by atoms with Crippen molar-refractivity contribution in [3.63, 3.8) is 0 Å². The van der Waals surface area contributed by atoms with Gasteiger partial charge in [-0.2, -0.15) is 0 Å². The van der Waals surface area contributed by atoms with E-state index < -0.39 is 11.4 Å². The van der Waals surface area contributed by atoms with Gasteiger partial charge >= 0.3 is 0 Å². The van der Waals surface area contributed by atoms with Gasteiger partial charge < -0.3 is 10.0 Å². The third-order valence-corrected chi connectivity index (χ3v) is 5.70. The van der Waals surface area contributed by atoms with Gasteiger partial charge in [-0.1, -0.05) is 60.5 Å². The van der Waals surface area contributed by atoms with Gasteiger partial charge in [0, 0.05) is 12.5 Å². The fourth-order valence-corrected chi connectivity index (χ4v) is 4.30. The predicted octanol–water partition coefficient (Wildman–Crippen LogP) is 5.50. The quantitative estimate of drug-likeness (QED) is 0.700. The van der Waals surface area contributed by atoms with Crippen molar-refractivity contribution >= 4 is 17.7 Å². The van der Waals surface area contributed by atoms with Crippen molar-refractivity contribution < 1.29 is 9.50 Å². The first-order chi connectivity index (χ1) is 12.9. The van der Waals surface area contributed by atoms with E-state index in [0.29, 0.717) is 5.56 Å². The van der Waals surface area contributed by atoms with E-state index in [2.05, 4.69) is 11.0 Å². The molecule has 144 valence electrons. The van der Waals surface area contributed by atoms with E-state index in [4.69, 9.17) is 11.6 Å². The van der Waals surface area contributed by atoms with E-state index in [1.165, 1.54) is 6.07 Å². The van der Waals surface area contributed by atoms with Gasteiger partial charge in [-0.05, 0) is 62.2 Å². The molecule has 2 aromatic carbocycles. The summed E-state index contributed by atoms with van der Waals surface area (Å²) in [7, 11) is 4.03. The summed E-state index contributed by atoms with van der Waals surface area (Å²) in [6.07, 6.45) is 5.90. The first kappa shape index (κ1) is 20.1. The summed E-state index contributed by atoms with van der Waals surface area (Å²) < 4.78 is 13.8. The largest absolute Gasteiger partial charge is 0.380 e. The zero-order valence-electron chi connectivity index (χ0n) is 16.0. The Hall–Kier alpha value is -1.68. The van der Waals surface area contributed by atoms with Crippen LogP contribution in [-0.2, 0) is 5.60 Å². The number of rotatable bonds is 4. The average Bonchev–Trinajstić information content (AvgIpc) is 2.79. The van der Waals surface area contributed by atoms with Crippen molar-refractivity contribution in [2.24, 2.45) is 5.92 Å². The summed E-state index contributed by atoms with van der Waals surface area (Å²) in [4.78, 5) is 2.10. The lowest BCUT2D eigenvalue weighted by Gasteiger charge is -2.39. The third-order valence-electron chi connectivity index (χ3n) is 5.41. The molecule has 1 aliphatic rings. The van der Waals surface area contributed by atoms with Crippen LogP contribution in [0.1, 0.15) is 36.8 Å². The topological polar surface area (TPSA) is 23.5 Å². The maximum absolute atomic E-state index is 13.8. The zero-order chi connectivity index (χ0) is 19.4. The van der Waals surface area contributed by atoms with Crippen LogP contribution in [0.4, 0.5) is 4.39 Å². The van der Waals surface area contributed by atoms with Crippen molar-refractivity contribution in [3.05, 3.63) is 76.1 Å². The van der Waals surface area contributed by atoms with Crippen LogP contribution in [0.5, 0.6) is 0 Å². The van der Waals surface area contributed by atoms with Crippen LogP contribution >= 0.6 is 11.6 Å². The molecule has 0 radical (unpaired) electrons. The van der Waals surface area contributed by atoms with E-state index in [1.54, 1.807) is 12.1 Å². The fourth-order valence-electron chi connectivity index (χ4n) is 4.12. The molecule has 0 heterocycles. The summed E-state index contributed by atoms with van der Waals surface area (Å²) in [5.41, 5.74) is 1.53. The third kappa shape index (κ3) is 4.43. The van der Waals surface area contributed by atoms with Gasteiger partial charge in [0.25, 0.3) is 0 Å². The molecule has 3 rings (SSSR count). The Morgan fingerprint density at radius 2 is 1.93 bits per heavy atom. The number of benzene rings is 2. The highest BCUT2D eigenvalue weighted by atomic mass is 35.5. The lowest BCUT2D eigenvalue weighted by atomic mass is 9.74. The minimum absolute atomic E-state index is 0.00601. The van der Waals surface area contributed by atoms with E-state index >= 15 is 0 Å². The smallest absolute Gasteiger partial charge is 0.141 e. The van der Waals surface area contributed by atoms with Gasteiger partial charge in [-0.25, -0.2) is 4.39 Å². The Morgan fingerprint density at radius 1 is 1.19 bits per heavy atom. The first-order valence-corrected chi connectivity index (χ1v) is 9.87. The second kappa shape index (κ2) is 8.55. The minimum atomic E-state index is -1.17. The van der Waals surface area contributed by atoms with Gasteiger partial charge in [-0.15, -0.1) is 0 Å². The average molecular weight is 388 g/mol. The Bertz CT molecular complexity index is 805. The highest BCUT2D eigenvalue weighted by molar-refractivity contribution is 6.30. The SMILES string of the molecule is CN(C)CC1CCCC/C(=C/c2ccccc2)C1(O)c1ccc(F)c(Cl)c1. The van der Waals surface area contributed by atoms with Crippen LogP contribution in [0.3, 0.4) is 0 Å². The maximum atomic E-state index is 13.8. The van der Waals surface area contributed by atoms with Crippen molar-refractivity contribution in [2.75, 3.05) is 20.6 Å². The lowest BCUT2D eigenvalue weighted by Crippen LogP contribution is -2.41. The van der Waals surface area contributed by atoms with Gasteiger partial charge in [0.05, 0.1) is 5.02 Å². The molecule has 4 heteroatoms. The van der Waals surface area contributed by atoms with Gasteiger partial charge in [0.1, 0.15) is 11.4 Å². The lowest BCUT2D eigenvalue weighted by molar-refractivity contribution is 0.000444. The predicted molar refractivity (Wildman–Crippen MR) is 110 cm³/mol. The van der Waals surface area contributed by atoms with Crippen LogP contribution in [0.15, 0.2) is 54.1 Å². The number of halogens is 2. The Morgan fingerprint density at radius 3 is 2.59 bits per heavy atom. The van der Waals surface area contributed by atoms with E-state index in [-0.39, 0.29) is 10.9 Å². The number of nitrogens with zero attached hydrogens (tertiary/aromatic N) is 1. The number of aliphatic hydroxyl groups is 1. The summed E-state index contributed by atoms with van der Waals surface area (Å²) in [5, 5.41) is 12.1. The summed E-state index contributed by atoms with van der Waals surface area (Å²) in [6.45, 7) is 0.748. The molecule has 0 amide bonds. The molecule has 0 aliphatic heterocycles. The molecule has 0 saturated heterocycles. The molecule has 1 aliphatic carbocycles. The zero-order valence-corrected chi connectivity index (χ0v) is 16.7. The van der Waals surface area contributed by atoms with Crippen LogP contribution < -0.4 is 0 Å². The van der Waals surface area contributed by atoms with Crippen molar-refractivity contribution in [3.8, 4) is 0 Å². The fraction of sp³-hybridized carbons (Fsp3) is 0.391. The van der Waals surface area contributed by atoms with Crippen LogP contribution in [-0.4, -0.2) is 30.6 Å². The normalized spacial score (nSPS) is 25.0. The molecule has 2 atom stereocenters. The molecule has 2 aromatic rings. The maximum Gasteiger partial charge on any atom is 0.141 e. The van der Waals surface area contributed by atoms with Crippen LogP contribution in [0, 0.1) is 11.7 Å². The minimum Gasteiger partial charge on any atom is -0.380 e. The molecule has 1 N–H and O–H groups in total. The molecule has 1 saturated carbocycles. The number of hydrogen-bond donors (Lipinski definition) is 1. The Labute approximate surface area is 166 Å². The monoisotopic (exact) mass is 387 g/mol. The molecule has 2 unspecified atom stereocenters. The standard InChI is InChI=1S/C23H27ClFNO/c1-26(2)16-20-11-7-6-10-18(14-17-8-4-3-5-9-17)23(20,27)19-12-13-22(25)21(24)15-19/h3-5,8-9,12-15,20,27H,6-7,10-11,16H2,1-2H3/b18-14-. The van der Waals surface area contributed by atoms with E-state index in [0.717, 1.165) is 43.4 Å². The second-order valence-electron chi connectivity index (χ2n) is 7.68. The highest BCUT2D eigenvalue weighted by Gasteiger charge is 2.43. The first-order valence-electron chi connectivity index (χ1n) is 9.50. The van der Waals surface area contributed by atoms with Crippen molar-refractivity contribution in [1.29, 1.82) is 0 Å². The van der Waals surface area contributed by atoms with Crippen molar-refractivity contribution in [1.82, 2.24) is 4.90 Å². The van der Waals surface area contributed by atoms with E-state index in [1.807, 2.05) is 44.4 Å². The molecule has 0 aromatic heterocycles. The van der Waals surface area contributed by atoms with Gasteiger partial charge in [0.15, 0.2) is 0 Å². The molecule has 0 spiro atoms. The summed E-state index contributed by atoms with van der Waals surface area (Å²) in [6, 6.07) is 14.7. The molecule has 1 fully saturated rings. The van der Waals surface area contributed by atoms with Crippen molar-refractivity contribution in [2.45, 2.75) is 31.3 Å². The Kier molecular flexibility index (Phi) is 6.36. The van der Waals surface area contributed by atoms with Gasteiger partial charge in [0.2, 0.25) is 0 Å². The van der Waals surface area contributed by atoms with E-state index in [9.17, 15) is 9.50 Å². The summed E-state index contributed by atoms with van der Waals surface area (Å²) >= 11 is 6.08. The van der Waals surface area contributed by atoms with Crippen LogP contribution in [0.25, 0.3) is 6.08 Å². The molecule has 27 heavy (non-hydrogen) atoms. The summed E-state index contributed by atoms with van der Waals surface area (Å²) in [5.74, 6) is -0.457. The second-order valence-corrected chi connectivity index (χ2v) is 8.09. The van der Waals surface area contributed by atoms with Gasteiger partial charge in [-0.3, -0.25) is 0 Å². The highest BCUT2D eigenvalue weighted by Crippen LogP contribution is 2.45. The van der Waals surface area contributed by atoms with Crippen LogP contribution in [0.2, 0.25) is 5.02 Å². The number of hydrogen-bond acceptors (Lipinski definition) is 2. The molecular formula is C23H27ClFNO. The Balaban J connectivity index is 2.16. The molecular weight excluding hydrogens is 361 g/mol.